The summed E-state index contributed by atoms with van der Waals surface area (Å²) in [5, 5.41) is 3.10. The van der Waals surface area contributed by atoms with Crippen LogP contribution in [0.3, 0.4) is 0 Å². The molecule has 18 heavy (non-hydrogen) atoms. The molecule has 2 N–H and O–H groups in total. The van der Waals surface area contributed by atoms with E-state index in [9.17, 15) is 0 Å². The van der Waals surface area contributed by atoms with Crippen molar-refractivity contribution in [3.63, 3.8) is 0 Å². The van der Waals surface area contributed by atoms with Crippen LogP contribution in [0.15, 0.2) is 23.8 Å². The van der Waals surface area contributed by atoms with Crippen molar-refractivity contribution in [3.05, 3.63) is 40.1 Å². The highest BCUT2D eigenvalue weighted by atomic mass is 32.1. The molecule has 0 aliphatic heterocycles. The number of rotatable bonds is 5. The first-order valence-electron chi connectivity index (χ1n) is 5.93. The predicted molar refractivity (Wildman–Crippen MR) is 72.9 cm³/mol. The Hall–Kier alpha value is -1.46. The van der Waals surface area contributed by atoms with Crippen LogP contribution in [0.1, 0.15) is 29.2 Å². The molecule has 0 radical (unpaired) electrons. The Labute approximate surface area is 111 Å². The van der Waals surface area contributed by atoms with E-state index in [0.717, 1.165) is 28.4 Å². The molecule has 1 unspecified atom stereocenters. The maximum atomic E-state index is 6.17. The van der Waals surface area contributed by atoms with Crippen molar-refractivity contribution < 1.29 is 4.74 Å². The van der Waals surface area contributed by atoms with E-state index >= 15 is 0 Å². The number of ether oxygens (including phenoxy) is 1. The number of nitrogens with zero attached hydrogens (tertiary/aromatic N) is 2. The highest BCUT2D eigenvalue weighted by molar-refractivity contribution is 7.09. The lowest BCUT2D eigenvalue weighted by atomic mass is 10.1. The summed E-state index contributed by atoms with van der Waals surface area (Å²) < 4.78 is 5.42. The molecule has 0 aliphatic rings. The van der Waals surface area contributed by atoms with Gasteiger partial charge in [0.2, 0.25) is 0 Å². The smallest absolute Gasteiger partial charge is 0.137 e. The van der Waals surface area contributed by atoms with Gasteiger partial charge in [0.1, 0.15) is 5.75 Å². The Bertz CT molecular complexity index is 512. The molecule has 0 bridgehead atoms. The van der Waals surface area contributed by atoms with Gasteiger partial charge in [-0.05, 0) is 25.5 Å². The molecule has 2 aromatic heterocycles. The zero-order valence-corrected chi connectivity index (χ0v) is 11.4. The van der Waals surface area contributed by atoms with Crippen LogP contribution >= 0.6 is 11.3 Å². The topological polar surface area (TPSA) is 61.0 Å². The van der Waals surface area contributed by atoms with Gasteiger partial charge in [-0.2, -0.15) is 0 Å². The summed E-state index contributed by atoms with van der Waals surface area (Å²) in [4.78, 5) is 8.57. The highest BCUT2D eigenvalue weighted by Gasteiger charge is 2.11. The highest BCUT2D eigenvalue weighted by Crippen LogP contribution is 2.21. The van der Waals surface area contributed by atoms with E-state index in [1.165, 1.54) is 0 Å². The van der Waals surface area contributed by atoms with E-state index in [2.05, 4.69) is 9.97 Å². The van der Waals surface area contributed by atoms with E-state index in [4.69, 9.17) is 10.5 Å². The molecule has 0 spiro atoms. The van der Waals surface area contributed by atoms with Gasteiger partial charge >= 0.3 is 0 Å². The molecule has 5 heteroatoms. The minimum atomic E-state index is -0.0940. The van der Waals surface area contributed by atoms with Crippen molar-refractivity contribution in [1.29, 1.82) is 0 Å². The number of pyridine rings is 1. The van der Waals surface area contributed by atoms with E-state index in [1.807, 2.05) is 25.3 Å². The van der Waals surface area contributed by atoms with Crippen molar-refractivity contribution in [2.24, 2.45) is 5.73 Å². The van der Waals surface area contributed by atoms with Crippen LogP contribution in [0.5, 0.6) is 5.75 Å². The molecule has 2 rings (SSSR count). The number of hydrogen-bond acceptors (Lipinski definition) is 5. The number of hydrogen-bond donors (Lipinski definition) is 1. The zero-order chi connectivity index (χ0) is 13.0. The molecule has 2 aromatic rings. The van der Waals surface area contributed by atoms with Crippen LogP contribution in [-0.2, 0) is 6.42 Å². The maximum Gasteiger partial charge on any atom is 0.137 e. The summed E-state index contributed by atoms with van der Waals surface area (Å²) in [6, 6.07) is 1.85. The van der Waals surface area contributed by atoms with Gasteiger partial charge in [-0.15, -0.1) is 11.3 Å². The number of aromatic nitrogens is 2. The standard InChI is InChI=1S/C13H17N3OS/c1-3-17-11-4-10(6-15-7-11)12(14)5-13-16-9(2)8-18-13/h4,6-8,12H,3,5,14H2,1-2H3. The fraction of sp³-hybridized carbons (Fsp3) is 0.385. The zero-order valence-electron chi connectivity index (χ0n) is 10.6. The summed E-state index contributed by atoms with van der Waals surface area (Å²) in [5.41, 5.74) is 8.20. The van der Waals surface area contributed by atoms with Crippen LogP contribution in [0.2, 0.25) is 0 Å². The Morgan fingerprint density at radius 2 is 2.28 bits per heavy atom. The minimum absolute atomic E-state index is 0.0940. The molecule has 0 amide bonds. The van der Waals surface area contributed by atoms with Crippen molar-refractivity contribution in [2.45, 2.75) is 26.3 Å². The van der Waals surface area contributed by atoms with Crippen LogP contribution in [0.4, 0.5) is 0 Å². The Morgan fingerprint density at radius 3 is 2.94 bits per heavy atom. The minimum Gasteiger partial charge on any atom is -0.492 e. The molecular formula is C13H17N3OS. The first-order valence-corrected chi connectivity index (χ1v) is 6.81. The molecule has 0 aliphatic carbocycles. The maximum absolute atomic E-state index is 6.17. The molecule has 0 saturated heterocycles. The number of nitrogens with two attached hydrogens (primary N) is 1. The van der Waals surface area contributed by atoms with Gasteiger partial charge in [0.15, 0.2) is 0 Å². The van der Waals surface area contributed by atoms with Crippen LogP contribution < -0.4 is 10.5 Å². The quantitative estimate of drug-likeness (QED) is 0.900. The number of thiazole rings is 1. The van der Waals surface area contributed by atoms with E-state index in [0.29, 0.717) is 6.61 Å². The fourth-order valence-electron chi connectivity index (χ4n) is 1.69. The van der Waals surface area contributed by atoms with E-state index < -0.39 is 0 Å². The summed E-state index contributed by atoms with van der Waals surface area (Å²) in [7, 11) is 0. The van der Waals surface area contributed by atoms with Gasteiger partial charge in [-0.1, -0.05) is 0 Å². The summed E-state index contributed by atoms with van der Waals surface area (Å²) in [6.45, 7) is 4.57. The Kier molecular flexibility index (Phi) is 4.28. The fourth-order valence-corrected chi connectivity index (χ4v) is 2.52. The lowest BCUT2D eigenvalue weighted by Crippen LogP contribution is -2.13. The van der Waals surface area contributed by atoms with Gasteiger partial charge < -0.3 is 10.5 Å². The van der Waals surface area contributed by atoms with Gasteiger partial charge in [0.25, 0.3) is 0 Å². The summed E-state index contributed by atoms with van der Waals surface area (Å²) in [5.74, 6) is 0.765. The van der Waals surface area contributed by atoms with Gasteiger partial charge in [-0.3, -0.25) is 4.98 Å². The van der Waals surface area contributed by atoms with Crippen molar-refractivity contribution >= 4 is 11.3 Å². The Balaban J connectivity index is 2.08. The largest absolute Gasteiger partial charge is 0.492 e. The summed E-state index contributed by atoms with van der Waals surface area (Å²) in [6.07, 6.45) is 4.22. The SMILES string of the molecule is CCOc1cncc(C(N)Cc2nc(C)cs2)c1. The van der Waals surface area contributed by atoms with Crippen LogP contribution in [0.25, 0.3) is 0 Å². The third-order valence-electron chi connectivity index (χ3n) is 2.53. The van der Waals surface area contributed by atoms with E-state index in [-0.39, 0.29) is 6.04 Å². The average Bonchev–Trinajstić information content (AvgIpc) is 2.75. The third-order valence-corrected chi connectivity index (χ3v) is 3.52. The normalized spacial score (nSPS) is 12.4. The van der Waals surface area contributed by atoms with Crippen molar-refractivity contribution in [2.75, 3.05) is 6.61 Å². The molecule has 96 valence electrons. The average molecular weight is 263 g/mol. The lowest BCUT2D eigenvalue weighted by Gasteiger charge is -2.11. The van der Waals surface area contributed by atoms with Gasteiger partial charge in [-0.25, -0.2) is 4.98 Å². The summed E-state index contributed by atoms with van der Waals surface area (Å²) >= 11 is 1.64. The third kappa shape index (κ3) is 3.27. The molecule has 2 heterocycles. The second kappa shape index (κ2) is 5.93. The number of aryl methyl sites for hydroxylation is 1. The van der Waals surface area contributed by atoms with Crippen molar-refractivity contribution in [1.82, 2.24) is 9.97 Å². The first-order chi connectivity index (χ1) is 8.69. The van der Waals surface area contributed by atoms with Crippen LogP contribution in [-0.4, -0.2) is 16.6 Å². The van der Waals surface area contributed by atoms with Gasteiger partial charge in [0, 0.05) is 29.7 Å². The first kappa shape index (κ1) is 13.0. The monoisotopic (exact) mass is 263 g/mol. The molecule has 4 nitrogen and oxygen atoms in total. The molecular weight excluding hydrogens is 246 g/mol. The molecule has 0 saturated carbocycles. The molecule has 0 fully saturated rings. The second-order valence-electron chi connectivity index (χ2n) is 4.08. The van der Waals surface area contributed by atoms with E-state index in [1.54, 1.807) is 23.7 Å². The van der Waals surface area contributed by atoms with Crippen molar-refractivity contribution in [3.8, 4) is 5.75 Å². The Morgan fingerprint density at radius 1 is 1.44 bits per heavy atom. The predicted octanol–water partition coefficient (Wildman–Crippen LogP) is 2.49. The lowest BCUT2D eigenvalue weighted by molar-refractivity contribution is 0.338. The second-order valence-corrected chi connectivity index (χ2v) is 5.02. The van der Waals surface area contributed by atoms with Gasteiger partial charge in [0.05, 0.1) is 17.8 Å². The molecule has 1 atom stereocenters. The van der Waals surface area contributed by atoms with Crippen LogP contribution in [0, 0.1) is 6.92 Å². The molecule has 0 aromatic carbocycles.